The molecule has 2 rings (SSSR count). The highest BCUT2D eigenvalue weighted by Gasteiger charge is 2.28. The average molecular weight is 289 g/mol. The number of halogens is 2. The zero-order valence-corrected chi connectivity index (χ0v) is 12.0. The first-order valence-electron chi connectivity index (χ1n) is 6.23. The number of nitrogens with zero attached hydrogens (tertiary/aromatic N) is 1. The molecule has 1 N–H and O–H groups in total. The van der Waals surface area contributed by atoms with E-state index >= 15 is 0 Å². The van der Waals surface area contributed by atoms with Crippen molar-refractivity contribution in [2.45, 2.75) is 31.8 Å². The highest BCUT2D eigenvalue weighted by molar-refractivity contribution is 6.35. The Morgan fingerprint density at radius 3 is 2.72 bits per heavy atom. The molecule has 1 aromatic rings. The number of nitrogens with one attached hydrogen (secondary N) is 1. The maximum Gasteiger partial charge on any atom is 0.0779 e. The Hall–Kier alpha value is -0.350. The molecule has 0 bridgehead atoms. The van der Waals surface area contributed by atoms with Crippen molar-refractivity contribution in [1.82, 2.24) is 10.3 Å². The van der Waals surface area contributed by atoms with Crippen LogP contribution < -0.4 is 5.32 Å². The van der Waals surface area contributed by atoms with Crippen molar-refractivity contribution in [3.8, 4) is 0 Å². The van der Waals surface area contributed by atoms with Crippen LogP contribution in [0.25, 0.3) is 0 Å². The fourth-order valence-electron chi connectivity index (χ4n) is 2.22. The van der Waals surface area contributed by atoms with E-state index in [0.29, 0.717) is 10.0 Å². The van der Waals surface area contributed by atoms with E-state index in [1.807, 2.05) is 0 Å². The van der Waals surface area contributed by atoms with Crippen LogP contribution in [0.4, 0.5) is 0 Å². The van der Waals surface area contributed by atoms with Gasteiger partial charge in [0, 0.05) is 25.5 Å². The summed E-state index contributed by atoms with van der Waals surface area (Å²) in [4.78, 5) is 3.94. The van der Waals surface area contributed by atoms with Gasteiger partial charge in [0.15, 0.2) is 0 Å². The van der Waals surface area contributed by atoms with Crippen LogP contribution in [0.3, 0.4) is 0 Å². The fourth-order valence-corrected chi connectivity index (χ4v) is 2.77. The lowest BCUT2D eigenvalue weighted by molar-refractivity contribution is 0.0211. The second kappa shape index (κ2) is 6.20. The maximum atomic E-state index is 6.06. The highest BCUT2D eigenvalue weighted by Crippen LogP contribution is 2.25. The molecule has 2 heterocycles. The largest absolute Gasteiger partial charge is 0.374 e. The molecule has 0 spiro atoms. The molecule has 0 aliphatic carbocycles. The molecule has 1 aliphatic heterocycles. The molecule has 1 saturated heterocycles. The van der Waals surface area contributed by atoms with E-state index in [1.54, 1.807) is 12.4 Å². The summed E-state index contributed by atoms with van der Waals surface area (Å²) in [6.07, 6.45) is 6.33. The summed E-state index contributed by atoms with van der Waals surface area (Å²) in [6, 6.07) is 0. The number of hydrogen-bond acceptors (Lipinski definition) is 3. The van der Waals surface area contributed by atoms with Crippen LogP contribution in [0, 0.1) is 0 Å². The monoisotopic (exact) mass is 288 g/mol. The number of ether oxygens (including phenoxy) is 1. The first-order chi connectivity index (χ1) is 8.61. The molecule has 1 fully saturated rings. The van der Waals surface area contributed by atoms with Crippen LogP contribution in [0.15, 0.2) is 12.4 Å². The normalized spacial score (nSPS) is 23.5. The van der Waals surface area contributed by atoms with Crippen molar-refractivity contribution in [1.29, 1.82) is 0 Å². The van der Waals surface area contributed by atoms with E-state index in [1.165, 1.54) is 0 Å². The molecular formula is C13H18Cl2N2O. The Kier molecular flexibility index (Phi) is 4.84. The van der Waals surface area contributed by atoms with Gasteiger partial charge < -0.3 is 10.1 Å². The molecule has 3 nitrogen and oxygen atoms in total. The van der Waals surface area contributed by atoms with Crippen LogP contribution in [-0.4, -0.2) is 30.3 Å². The summed E-state index contributed by atoms with van der Waals surface area (Å²) in [5.41, 5.74) is 0.949. The lowest BCUT2D eigenvalue weighted by Gasteiger charge is -2.23. The Balaban J connectivity index is 1.78. The molecule has 0 amide bonds. The van der Waals surface area contributed by atoms with Gasteiger partial charge in [-0.3, -0.25) is 4.98 Å². The van der Waals surface area contributed by atoms with Crippen molar-refractivity contribution in [3.05, 3.63) is 28.0 Å². The maximum absolute atomic E-state index is 6.06. The average Bonchev–Trinajstić information content (AvgIpc) is 2.75. The smallest absolute Gasteiger partial charge is 0.0779 e. The summed E-state index contributed by atoms with van der Waals surface area (Å²) < 4.78 is 5.72. The molecule has 1 atom stereocenters. The van der Waals surface area contributed by atoms with E-state index < -0.39 is 0 Å². The van der Waals surface area contributed by atoms with Crippen LogP contribution in [0.1, 0.15) is 25.3 Å². The minimum Gasteiger partial charge on any atom is -0.374 e. The predicted molar refractivity (Wildman–Crippen MR) is 74.4 cm³/mol. The number of pyridine rings is 1. The molecule has 1 aromatic heterocycles. The molecule has 0 aromatic carbocycles. The van der Waals surface area contributed by atoms with Crippen LogP contribution in [0.2, 0.25) is 10.0 Å². The third-order valence-corrected chi connectivity index (χ3v) is 3.95. The summed E-state index contributed by atoms with van der Waals surface area (Å²) in [5, 5.41) is 4.67. The Bertz CT molecular complexity index is 386. The topological polar surface area (TPSA) is 34.2 Å². The summed E-state index contributed by atoms with van der Waals surface area (Å²) in [5.74, 6) is 0. The van der Waals surface area contributed by atoms with Gasteiger partial charge in [-0.2, -0.15) is 0 Å². The van der Waals surface area contributed by atoms with Gasteiger partial charge in [-0.25, -0.2) is 0 Å². The van der Waals surface area contributed by atoms with Gasteiger partial charge in [-0.1, -0.05) is 23.2 Å². The van der Waals surface area contributed by atoms with E-state index in [2.05, 4.69) is 17.2 Å². The van der Waals surface area contributed by atoms with E-state index in [0.717, 1.165) is 44.5 Å². The van der Waals surface area contributed by atoms with Gasteiger partial charge >= 0.3 is 0 Å². The van der Waals surface area contributed by atoms with E-state index in [9.17, 15) is 0 Å². The molecule has 0 unspecified atom stereocenters. The molecule has 0 radical (unpaired) electrons. The zero-order chi connectivity index (χ0) is 13.0. The fraction of sp³-hybridized carbons (Fsp3) is 0.615. The number of aromatic nitrogens is 1. The van der Waals surface area contributed by atoms with Crippen LogP contribution in [0.5, 0.6) is 0 Å². The minimum atomic E-state index is -0.00810. The zero-order valence-electron chi connectivity index (χ0n) is 10.5. The second-order valence-corrected chi connectivity index (χ2v) is 5.72. The number of hydrogen-bond donors (Lipinski definition) is 1. The molecule has 0 saturated carbocycles. The van der Waals surface area contributed by atoms with Gasteiger partial charge in [0.25, 0.3) is 0 Å². The Morgan fingerprint density at radius 1 is 1.39 bits per heavy atom. The van der Waals surface area contributed by atoms with Crippen LogP contribution in [-0.2, 0) is 11.2 Å². The Labute approximate surface area is 118 Å². The van der Waals surface area contributed by atoms with Gasteiger partial charge in [0.1, 0.15) is 0 Å². The lowest BCUT2D eigenvalue weighted by atomic mass is 10.0. The highest BCUT2D eigenvalue weighted by atomic mass is 35.5. The van der Waals surface area contributed by atoms with Gasteiger partial charge in [-0.05, 0) is 38.3 Å². The second-order valence-electron chi connectivity index (χ2n) is 4.91. The Morgan fingerprint density at radius 2 is 2.11 bits per heavy atom. The lowest BCUT2D eigenvalue weighted by Crippen LogP contribution is -2.38. The van der Waals surface area contributed by atoms with Crippen molar-refractivity contribution in [3.63, 3.8) is 0 Å². The van der Waals surface area contributed by atoms with E-state index in [4.69, 9.17) is 27.9 Å². The van der Waals surface area contributed by atoms with Crippen molar-refractivity contribution in [2.75, 3.05) is 19.7 Å². The van der Waals surface area contributed by atoms with E-state index in [-0.39, 0.29) is 5.60 Å². The summed E-state index contributed by atoms with van der Waals surface area (Å²) in [7, 11) is 0. The third-order valence-electron chi connectivity index (χ3n) is 3.30. The quantitative estimate of drug-likeness (QED) is 0.846. The molecular weight excluding hydrogens is 271 g/mol. The third kappa shape index (κ3) is 3.58. The van der Waals surface area contributed by atoms with Gasteiger partial charge in [0.05, 0.1) is 15.6 Å². The SMILES string of the molecule is C[C@@]1(CNCCc2c(Cl)cncc2Cl)CCCO1. The molecule has 18 heavy (non-hydrogen) atoms. The predicted octanol–water partition coefficient (Wildman–Crippen LogP) is 3.09. The summed E-state index contributed by atoms with van der Waals surface area (Å²) >= 11 is 12.1. The van der Waals surface area contributed by atoms with Crippen molar-refractivity contribution >= 4 is 23.2 Å². The standard InChI is InChI=1S/C13H18Cl2N2O/c1-13(4-2-6-18-13)9-16-5-3-10-11(14)7-17-8-12(10)15/h7-8,16H,2-6,9H2,1H3/t13-/m0/s1. The van der Waals surface area contributed by atoms with Gasteiger partial charge in [0.2, 0.25) is 0 Å². The van der Waals surface area contributed by atoms with Crippen molar-refractivity contribution in [2.24, 2.45) is 0 Å². The molecule has 5 heteroatoms. The minimum absolute atomic E-state index is 0.00810. The van der Waals surface area contributed by atoms with Gasteiger partial charge in [-0.15, -0.1) is 0 Å². The molecule has 100 valence electrons. The number of rotatable bonds is 5. The summed E-state index contributed by atoms with van der Waals surface area (Å²) in [6.45, 7) is 4.73. The van der Waals surface area contributed by atoms with Crippen LogP contribution >= 0.6 is 23.2 Å². The molecule has 1 aliphatic rings. The first kappa shape index (κ1) is 14.1. The van der Waals surface area contributed by atoms with Crippen molar-refractivity contribution < 1.29 is 4.74 Å². The first-order valence-corrected chi connectivity index (χ1v) is 6.99.